The number of benzene rings is 2. The molecule has 0 N–H and O–H groups in total. The van der Waals surface area contributed by atoms with Gasteiger partial charge in [0.05, 0.1) is 28.0 Å². The van der Waals surface area contributed by atoms with Crippen molar-refractivity contribution in [2.45, 2.75) is 20.4 Å². The minimum absolute atomic E-state index is 0.345. The Morgan fingerprint density at radius 1 is 1.28 bits per heavy atom. The van der Waals surface area contributed by atoms with Crippen LogP contribution in [0.15, 0.2) is 42.5 Å². The number of aromatic nitrogens is 2. The van der Waals surface area contributed by atoms with Gasteiger partial charge in [0.15, 0.2) is 5.75 Å². The molecule has 2 aromatic carbocycles. The zero-order valence-electron chi connectivity index (χ0n) is 13.7. The lowest BCUT2D eigenvalue weighted by atomic mass is 10.2. The minimum Gasteiger partial charge on any atom is -0.424 e. The van der Waals surface area contributed by atoms with Gasteiger partial charge in [-0.25, -0.2) is 4.98 Å². The average molecular weight is 371 g/mol. The van der Waals surface area contributed by atoms with E-state index in [1.165, 1.54) is 6.92 Å². The Bertz CT molecular complexity index is 1080. The molecule has 4 nitrogen and oxygen atoms in total. The highest BCUT2D eigenvalue weighted by Crippen LogP contribution is 2.36. The highest BCUT2D eigenvalue weighted by Gasteiger charge is 2.18. The maximum atomic E-state index is 11.5. The van der Waals surface area contributed by atoms with Crippen molar-refractivity contribution in [2.75, 3.05) is 0 Å². The topological polar surface area (TPSA) is 44.1 Å². The van der Waals surface area contributed by atoms with E-state index >= 15 is 0 Å². The molecular formula is C19H15ClN2O2S. The quantitative estimate of drug-likeness (QED) is 0.466. The second kappa shape index (κ2) is 6.17. The first-order valence-corrected chi connectivity index (χ1v) is 9.03. The summed E-state index contributed by atoms with van der Waals surface area (Å²) in [5, 5.41) is 2.45. The van der Waals surface area contributed by atoms with Gasteiger partial charge in [-0.1, -0.05) is 23.7 Å². The Balaban J connectivity index is 1.85. The molecule has 0 radical (unpaired) electrons. The molecule has 4 aromatic rings. The van der Waals surface area contributed by atoms with Crippen LogP contribution in [-0.4, -0.2) is 15.5 Å². The van der Waals surface area contributed by atoms with Crippen molar-refractivity contribution in [2.24, 2.45) is 0 Å². The predicted octanol–water partition coefficient (Wildman–Crippen LogP) is 5.19. The second-order valence-electron chi connectivity index (χ2n) is 5.83. The number of fused-ring (bicyclic) bond motifs is 2. The first-order chi connectivity index (χ1) is 12.0. The molecule has 4 rings (SSSR count). The number of carbonyl (C=O) groups is 1. The fourth-order valence-corrected chi connectivity index (χ4v) is 4.15. The number of hydrogen-bond donors (Lipinski definition) is 0. The van der Waals surface area contributed by atoms with Gasteiger partial charge in [-0.15, -0.1) is 11.3 Å². The van der Waals surface area contributed by atoms with Gasteiger partial charge < -0.3 is 9.30 Å². The van der Waals surface area contributed by atoms with E-state index in [2.05, 4.69) is 10.6 Å². The van der Waals surface area contributed by atoms with Gasteiger partial charge in [-0.05, 0) is 37.3 Å². The van der Waals surface area contributed by atoms with Crippen LogP contribution in [0.1, 0.15) is 17.6 Å². The van der Waals surface area contributed by atoms with Crippen LogP contribution in [0.2, 0.25) is 5.02 Å². The standard InChI is InChI=1S/C19H15ClN2O2S/c1-11-19(24-12(2)23)14-9-13(20)7-8-16(14)22(11)10-18-21-15-5-3-4-6-17(15)25-18/h3-9H,10H2,1-2H3. The number of hydrogen-bond acceptors (Lipinski definition) is 4. The minimum atomic E-state index is -0.345. The zero-order chi connectivity index (χ0) is 17.6. The molecule has 2 aromatic heterocycles. The van der Waals surface area contributed by atoms with Gasteiger partial charge in [-0.3, -0.25) is 4.79 Å². The van der Waals surface area contributed by atoms with Crippen molar-refractivity contribution in [3.05, 3.63) is 58.2 Å². The summed E-state index contributed by atoms with van der Waals surface area (Å²) in [6, 6.07) is 13.7. The Labute approximate surface area is 153 Å². The molecule has 0 unspecified atom stereocenters. The molecule has 0 spiro atoms. The lowest BCUT2D eigenvalue weighted by molar-refractivity contribution is -0.131. The van der Waals surface area contributed by atoms with E-state index in [0.29, 0.717) is 17.3 Å². The Morgan fingerprint density at radius 2 is 2.08 bits per heavy atom. The van der Waals surface area contributed by atoms with Gasteiger partial charge in [-0.2, -0.15) is 0 Å². The van der Waals surface area contributed by atoms with Crippen molar-refractivity contribution in [1.82, 2.24) is 9.55 Å². The van der Waals surface area contributed by atoms with E-state index in [4.69, 9.17) is 21.3 Å². The molecule has 0 aliphatic carbocycles. The van der Waals surface area contributed by atoms with Crippen molar-refractivity contribution in [3.8, 4) is 5.75 Å². The summed E-state index contributed by atoms with van der Waals surface area (Å²) in [6.07, 6.45) is 0. The maximum Gasteiger partial charge on any atom is 0.308 e. The van der Waals surface area contributed by atoms with Gasteiger partial charge in [0.25, 0.3) is 0 Å². The van der Waals surface area contributed by atoms with Gasteiger partial charge in [0.2, 0.25) is 0 Å². The van der Waals surface area contributed by atoms with Crippen LogP contribution in [0.4, 0.5) is 0 Å². The summed E-state index contributed by atoms with van der Waals surface area (Å²) in [5.41, 5.74) is 2.85. The van der Waals surface area contributed by atoms with Crippen LogP contribution in [-0.2, 0) is 11.3 Å². The summed E-state index contributed by atoms with van der Waals surface area (Å²) in [4.78, 5) is 16.2. The Morgan fingerprint density at radius 3 is 2.84 bits per heavy atom. The van der Waals surface area contributed by atoms with E-state index in [1.807, 2.05) is 43.3 Å². The largest absolute Gasteiger partial charge is 0.424 e. The average Bonchev–Trinajstić information content (AvgIpc) is 3.09. The second-order valence-corrected chi connectivity index (χ2v) is 7.38. The van der Waals surface area contributed by atoms with Crippen LogP contribution in [0.5, 0.6) is 5.75 Å². The Hall–Kier alpha value is -2.37. The number of halogens is 1. The van der Waals surface area contributed by atoms with Gasteiger partial charge in [0, 0.05) is 17.3 Å². The third-order valence-electron chi connectivity index (χ3n) is 4.10. The maximum absolute atomic E-state index is 11.5. The molecule has 0 aliphatic rings. The summed E-state index contributed by atoms with van der Waals surface area (Å²) >= 11 is 7.81. The summed E-state index contributed by atoms with van der Waals surface area (Å²) in [7, 11) is 0. The van der Waals surface area contributed by atoms with Crippen LogP contribution < -0.4 is 4.74 Å². The fourth-order valence-electron chi connectivity index (χ4n) is 3.02. The van der Waals surface area contributed by atoms with Crippen molar-refractivity contribution in [3.63, 3.8) is 0 Å². The molecule has 0 amide bonds. The molecule has 0 aliphatic heterocycles. The van der Waals surface area contributed by atoms with Crippen LogP contribution >= 0.6 is 22.9 Å². The monoisotopic (exact) mass is 370 g/mol. The molecule has 126 valence electrons. The first-order valence-electron chi connectivity index (χ1n) is 7.84. The molecule has 6 heteroatoms. The highest BCUT2D eigenvalue weighted by molar-refractivity contribution is 7.18. The molecule has 0 atom stereocenters. The van der Waals surface area contributed by atoms with Crippen molar-refractivity contribution >= 4 is 50.0 Å². The van der Waals surface area contributed by atoms with Crippen molar-refractivity contribution < 1.29 is 9.53 Å². The lowest BCUT2D eigenvalue weighted by Gasteiger charge is -2.06. The normalized spacial score (nSPS) is 11.3. The molecule has 25 heavy (non-hydrogen) atoms. The van der Waals surface area contributed by atoms with E-state index < -0.39 is 0 Å². The van der Waals surface area contributed by atoms with Crippen molar-refractivity contribution in [1.29, 1.82) is 0 Å². The molecule has 0 saturated carbocycles. The molecular weight excluding hydrogens is 356 g/mol. The summed E-state index contributed by atoms with van der Waals surface area (Å²) in [5.74, 6) is 0.216. The van der Waals surface area contributed by atoms with Gasteiger partial charge >= 0.3 is 5.97 Å². The number of ether oxygens (including phenoxy) is 1. The third kappa shape index (κ3) is 2.90. The lowest BCUT2D eigenvalue weighted by Crippen LogP contribution is -2.04. The number of para-hydroxylation sites is 1. The van der Waals surface area contributed by atoms with Crippen LogP contribution in [0, 0.1) is 6.92 Å². The summed E-state index contributed by atoms with van der Waals surface area (Å²) in [6.45, 7) is 3.96. The molecule has 0 fully saturated rings. The van der Waals surface area contributed by atoms with E-state index in [0.717, 1.165) is 31.8 Å². The number of thiazole rings is 1. The number of rotatable bonds is 3. The summed E-state index contributed by atoms with van der Waals surface area (Å²) < 4.78 is 8.73. The highest BCUT2D eigenvalue weighted by atomic mass is 35.5. The van der Waals surface area contributed by atoms with Crippen LogP contribution in [0.25, 0.3) is 21.1 Å². The number of carbonyl (C=O) groups excluding carboxylic acids is 1. The smallest absolute Gasteiger partial charge is 0.308 e. The third-order valence-corrected chi connectivity index (χ3v) is 5.36. The SMILES string of the molecule is CC(=O)Oc1c(C)n(Cc2nc3ccccc3s2)c2ccc(Cl)cc12. The molecule has 2 heterocycles. The van der Waals surface area contributed by atoms with Gasteiger partial charge in [0.1, 0.15) is 5.01 Å². The number of esters is 1. The Kier molecular flexibility index (Phi) is 3.98. The first kappa shape index (κ1) is 16.1. The van der Waals surface area contributed by atoms with E-state index in [-0.39, 0.29) is 5.97 Å². The molecule has 0 saturated heterocycles. The molecule has 0 bridgehead atoms. The van der Waals surface area contributed by atoms with Crippen LogP contribution in [0.3, 0.4) is 0 Å². The predicted molar refractivity (Wildman–Crippen MR) is 102 cm³/mol. The van der Waals surface area contributed by atoms with E-state index in [1.54, 1.807) is 11.3 Å². The zero-order valence-corrected chi connectivity index (χ0v) is 15.3. The van der Waals surface area contributed by atoms with E-state index in [9.17, 15) is 4.79 Å². The number of nitrogens with zero attached hydrogens (tertiary/aromatic N) is 2. The fraction of sp³-hybridized carbons (Fsp3) is 0.158.